The summed E-state index contributed by atoms with van der Waals surface area (Å²) in [7, 11) is 0. The SMILES string of the molecule is CCCCCCCCC/C=C\C=C/CCCCCCCC(=O)OC(COC(=O)CCCCCCCCCCCC)COC(=O)CCCCCCCCCCCCCCCCCCCCC. The fourth-order valence-corrected chi connectivity index (χ4v) is 8.61. The molecule has 6 nitrogen and oxygen atoms in total. The average Bonchev–Trinajstić information content (AvgIpc) is 3.30. The molecule has 0 rings (SSSR count). The maximum atomic E-state index is 12.8. The fraction of sp³-hybridized carbons (Fsp3) is 0.881. The molecule has 1 unspecified atom stereocenters. The van der Waals surface area contributed by atoms with Crippen molar-refractivity contribution in [1.29, 1.82) is 0 Å². The lowest BCUT2D eigenvalue weighted by atomic mass is 10.0. The second kappa shape index (κ2) is 54.5. The van der Waals surface area contributed by atoms with E-state index < -0.39 is 6.10 Å². The number of allylic oxidation sites excluding steroid dienone is 4. The number of ether oxygens (including phenoxy) is 3. The zero-order valence-electron chi connectivity index (χ0n) is 43.8. The van der Waals surface area contributed by atoms with Crippen molar-refractivity contribution in [1.82, 2.24) is 0 Å². The fourth-order valence-electron chi connectivity index (χ4n) is 8.61. The van der Waals surface area contributed by atoms with E-state index in [9.17, 15) is 14.4 Å². The first-order chi connectivity index (χ1) is 32.0. The summed E-state index contributed by atoms with van der Waals surface area (Å²) in [5, 5.41) is 0. The Morgan fingerprint density at radius 3 is 0.815 bits per heavy atom. The highest BCUT2D eigenvalue weighted by molar-refractivity contribution is 5.71. The van der Waals surface area contributed by atoms with Crippen LogP contribution in [0.2, 0.25) is 0 Å². The standard InChI is InChI=1S/C59H110O6/c1-4-7-10-13-16-19-22-24-26-28-30-32-33-35-37-40-43-46-49-52-58(61)64-55-56(54-63-57(60)51-48-45-42-39-21-18-15-12-9-6-3)65-59(62)53-50-47-44-41-38-36-34-31-29-27-25-23-20-17-14-11-8-5-2/h27,29,31,34,56H,4-26,28,30,32-33,35-55H2,1-3H3/b29-27-,34-31-. The van der Waals surface area contributed by atoms with E-state index in [1.807, 2.05) is 0 Å². The van der Waals surface area contributed by atoms with Gasteiger partial charge in [-0.3, -0.25) is 14.4 Å². The van der Waals surface area contributed by atoms with Crippen LogP contribution in [0.5, 0.6) is 0 Å². The van der Waals surface area contributed by atoms with Crippen LogP contribution in [-0.4, -0.2) is 37.2 Å². The molecule has 0 aromatic rings. The van der Waals surface area contributed by atoms with Crippen molar-refractivity contribution in [2.24, 2.45) is 0 Å². The van der Waals surface area contributed by atoms with Gasteiger partial charge in [0, 0.05) is 19.3 Å². The molecule has 0 N–H and O–H groups in total. The number of hydrogen-bond donors (Lipinski definition) is 0. The molecule has 382 valence electrons. The van der Waals surface area contributed by atoms with Gasteiger partial charge in [0.1, 0.15) is 13.2 Å². The lowest BCUT2D eigenvalue weighted by molar-refractivity contribution is -0.167. The summed E-state index contributed by atoms with van der Waals surface area (Å²) in [6.45, 7) is 6.66. The van der Waals surface area contributed by atoms with E-state index in [0.717, 1.165) is 77.0 Å². The van der Waals surface area contributed by atoms with Crippen molar-refractivity contribution in [2.75, 3.05) is 13.2 Å². The van der Waals surface area contributed by atoms with Gasteiger partial charge in [0.2, 0.25) is 0 Å². The molecule has 0 saturated carbocycles. The third kappa shape index (κ3) is 52.7. The van der Waals surface area contributed by atoms with Crippen LogP contribution in [0.25, 0.3) is 0 Å². The van der Waals surface area contributed by atoms with Crippen LogP contribution in [0.4, 0.5) is 0 Å². The molecule has 0 spiro atoms. The molecule has 0 bridgehead atoms. The van der Waals surface area contributed by atoms with Crippen LogP contribution in [-0.2, 0) is 28.6 Å². The van der Waals surface area contributed by atoms with Crippen molar-refractivity contribution in [3.8, 4) is 0 Å². The van der Waals surface area contributed by atoms with E-state index in [1.165, 1.54) is 199 Å². The third-order valence-corrected chi connectivity index (χ3v) is 13.0. The summed E-state index contributed by atoms with van der Waals surface area (Å²) in [6, 6.07) is 0. The third-order valence-electron chi connectivity index (χ3n) is 13.0. The number of carbonyl (C=O) groups is 3. The molecule has 0 heterocycles. The van der Waals surface area contributed by atoms with Gasteiger partial charge in [0.25, 0.3) is 0 Å². The molecule has 0 aromatic carbocycles. The minimum Gasteiger partial charge on any atom is -0.462 e. The van der Waals surface area contributed by atoms with Crippen molar-refractivity contribution in [3.63, 3.8) is 0 Å². The summed E-state index contributed by atoms with van der Waals surface area (Å²) >= 11 is 0. The largest absolute Gasteiger partial charge is 0.462 e. The molecule has 1 atom stereocenters. The van der Waals surface area contributed by atoms with Gasteiger partial charge in [-0.05, 0) is 44.9 Å². The predicted molar refractivity (Wildman–Crippen MR) is 279 cm³/mol. The number of hydrogen-bond acceptors (Lipinski definition) is 6. The summed E-state index contributed by atoms with van der Waals surface area (Å²) < 4.78 is 16.8. The second-order valence-electron chi connectivity index (χ2n) is 19.6. The molecule has 0 aromatic heterocycles. The minimum atomic E-state index is -0.774. The summed E-state index contributed by atoms with van der Waals surface area (Å²) in [6.07, 6.45) is 63.2. The summed E-state index contributed by atoms with van der Waals surface area (Å²) in [5.74, 6) is -0.869. The maximum Gasteiger partial charge on any atom is 0.306 e. The first-order valence-electron chi connectivity index (χ1n) is 28.9. The van der Waals surface area contributed by atoms with Crippen molar-refractivity contribution in [2.45, 2.75) is 322 Å². The Labute approximate surface area is 404 Å². The van der Waals surface area contributed by atoms with Crippen LogP contribution in [0.1, 0.15) is 316 Å². The molecule has 0 fully saturated rings. The molecule has 0 aliphatic rings. The normalized spacial score (nSPS) is 12.1. The van der Waals surface area contributed by atoms with Gasteiger partial charge in [-0.25, -0.2) is 0 Å². The topological polar surface area (TPSA) is 78.9 Å². The quantitative estimate of drug-likeness (QED) is 0.0262. The smallest absolute Gasteiger partial charge is 0.306 e. The van der Waals surface area contributed by atoms with E-state index >= 15 is 0 Å². The Bertz CT molecular complexity index is 1050. The highest BCUT2D eigenvalue weighted by Gasteiger charge is 2.19. The summed E-state index contributed by atoms with van der Waals surface area (Å²) in [4.78, 5) is 38.1. The molecular formula is C59H110O6. The van der Waals surface area contributed by atoms with Gasteiger partial charge in [-0.15, -0.1) is 0 Å². The number of carbonyl (C=O) groups excluding carboxylic acids is 3. The van der Waals surface area contributed by atoms with Gasteiger partial charge in [0.05, 0.1) is 0 Å². The van der Waals surface area contributed by atoms with Crippen molar-refractivity contribution >= 4 is 17.9 Å². The van der Waals surface area contributed by atoms with E-state index in [2.05, 4.69) is 45.1 Å². The predicted octanol–water partition coefficient (Wildman–Crippen LogP) is 19.1. The molecule has 0 aliphatic carbocycles. The van der Waals surface area contributed by atoms with Crippen molar-refractivity contribution in [3.05, 3.63) is 24.3 Å². The monoisotopic (exact) mass is 915 g/mol. The first-order valence-corrected chi connectivity index (χ1v) is 28.9. The van der Waals surface area contributed by atoms with Crippen LogP contribution < -0.4 is 0 Å². The molecule has 0 amide bonds. The Morgan fingerprint density at radius 1 is 0.308 bits per heavy atom. The van der Waals surface area contributed by atoms with Gasteiger partial charge in [0.15, 0.2) is 6.10 Å². The van der Waals surface area contributed by atoms with Gasteiger partial charge in [-0.1, -0.05) is 276 Å². The Morgan fingerprint density at radius 2 is 0.538 bits per heavy atom. The molecular weight excluding hydrogens is 805 g/mol. The number of rotatable bonds is 53. The number of esters is 3. The molecule has 6 heteroatoms. The van der Waals surface area contributed by atoms with Gasteiger partial charge < -0.3 is 14.2 Å². The maximum absolute atomic E-state index is 12.8. The van der Waals surface area contributed by atoms with E-state index in [0.29, 0.717) is 19.3 Å². The molecule has 0 saturated heterocycles. The van der Waals surface area contributed by atoms with E-state index in [1.54, 1.807) is 0 Å². The van der Waals surface area contributed by atoms with Crippen LogP contribution in [0, 0.1) is 0 Å². The number of unbranched alkanes of at least 4 members (excludes halogenated alkanes) is 39. The van der Waals surface area contributed by atoms with E-state index in [4.69, 9.17) is 14.2 Å². The zero-order valence-corrected chi connectivity index (χ0v) is 43.8. The molecule has 65 heavy (non-hydrogen) atoms. The Hall–Kier alpha value is -2.11. The minimum absolute atomic E-state index is 0.0724. The Balaban J connectivity index is 4.28. The first kappa shape index (κ1) is 62.9. The van der Waals surface area contributed by atoms with Crippen molar-refractivity contribution < 1.29 is 28.6 Å². The average molecular weight is 916 g/mol. The second-order valence-corrected chi connectivity index (χ2v) is 19.6. The Kier molecular flexibility index (Phi) is 52.7. The van der Waals surface area contributed by atoms with E-state index in [-0.39, 0.29) is 31.1 Å². The van der Waals surface area contributed by atoms with Crippen LogP contribution in [0.3, 0.4) is 0 Å². The summed E-state index contributed by atoms with van der Waals surface area (Å²) in [5.41, 5.74) is 0. The van der Waals surface area contributed by atoms with Gasteiger partial charge in [-0.2, -0.15) is 0 Å². The highest BCUT2D eigenvalue weighted by atomic mass is 16.6. The zero-order chi connectivity index (χ0) is 47.2. The lowest BCUT2D eigenvalue weighted by Gasteiger charge is -2.18. The molecule has 0 aliphatic heterocycles. The highest BCUT2D eigenvalue weighted by Crippen LogP contribution is 2.17. The molecule has 0 radical (unpaired) electrons. The van der Waals surface area contributed by atoms with Crippen LogP contribution >= 0.6 is 0 Å². The van der Waals surface area contributed by atoms with Gasteiger partial charge >= 0.3 is 17.9 Å². The lowest BCUT2D eigenvalue weighted by Crippen LogP contribution is -2.30. The van der Waals surface area contributed by atoms with Crippen LogP contribution in [0.15, 0.2) is 24.3 Å².